The molecule has 3 rings (SSSR count). The number of nitrogens with one attached hydrogen (secondary N) is 1. The molecule has 148 valence electrons. The predicted octanol–water partition coefficient (Wildman–Crippen LogP) is 3.84. The Morgan fingerprint density at radius 2 is 2.19 bits per heavy atom. The van der Waals surface area contributed by atoms with E-state index in [0.717, 1.165) is 18.5 Å². The van der Waals surface area contributed by atoms with Crippen LogP contribution in [-0.2, 0) is 11.2 Å². The van der Waals surface area contributed by atoms with E-state index in [1.54, 1.807) is 13.2 Å². The van der Waals surface area contributed by atoms with E-state index in [1.807, 2.05) is 22.7 Å². The van der Waals surface area contributed by atoms with Gasteiger partial charge >= 0.3 is 0 Å². The third-order valence-electron chi connectivity index (χ3n) is 5.51. The minimum atomic E-state index is -0.852. The number of carbonyl (C=O) groups is 1. The number of carbonyl (C=O) groups excluding carboxylic acids is 1. The lowest BCUT2D eigenvalue weighted by Gasteiger charge is -2.41. The molecule has 1 aliphatic rings. The van der Waals surface area contributed by atoms with Gasteiger partial charge in [-0.1, -0.05) is 25.4 Å². The molecule has 0 bridgehead atoms. The van der Waals surface area contributed by atoms with E-state index < -0.39 is 5.60 Å². The lowest BCUT2D eigenvalue weighted by molar-refractivity contribution is -0.0361. The van der Waals surface area contributed by atoms with Gasteiger partial charge in [-0.25, -0.2) is 0 Å². The van der Waals surface area contributed by atoms with E-state index in [-0.39, 0.29) is 17.9 Å². The summed E-state index contributed by atoms with van der Waals surface area (Å²) in [7, 11) is 1.66. The van der Waals surface area contributed by atoms with E-state index in [2.05, 4.69) is 19.2 Å². The Kier molecular flexibility index (Phi) is 5.84. The number of hydrogen-bond donors (Lipinski definition) is 2. The molecule has 2 heterocycles. The summed E-state index contributed by atoms with van der Waals surface area (Å²) in [6.07, 6.45) is 6.07. The van der Waals surface area contributed by atoms with Crippen LogP contribution in [0.3, 0.4) is 0 Å². The minimum Gasteiger partial charge on any atom is -0.388 e. The van der Waals surface area contributed by atoms with Crippen molar-refractivity contribution in [2.75, 3.05) is 20.3 Å². The quantitative estimate of drug-likeness (QED) is 0.785. The van der Waals surface area contributed by atoms with E-state index in [1.165, 1.54) is 0 Å². The summed E-state index contributed by atoms with van der Waals surface area (Å²) in [4.78, 5) is 12.9. The van der Waals surface area contributed by atoms with E-state index >= 15 is 0 Å². The van der Waals surface area contributed by atoms with Crippen molar-refractivity contribution in [1.82, 2.24) is 9.72 Å². The van der Waals surface area contributed by atoms with Gasteiger partial charge in [0.25, 0.3) is 5.91 Å². The Balaban J connectivity index is 1.81. The lowest BCUT2D eigenvalue weighted by atomic mass is 9.70. The average molecular weight is 393 g/mol. The number of amides is 1. The molecule has 2 N–H and O–H groups in total. The Morgan fingerprint density at radius 3 is 2.89 bits per heavy atom. The van der Waals surface area contributed by atoms with E-state index in [9.17, 15) is 9.90 Å². The number of hydrogen-bond acceptors (Lipinski definition) is 3. The predicted molar refractivity (Wildman–Crippen MR) is 108 cm³/mol. The molecule has 5 nitrogen and oxygen atoms in total. The zero-order chi connectivity index (χ0) is 19.7. The molecular formula is C21H29ClN2O3. The molecule has 0 radical (unpaired) electrons. The van der Waals surface area contributed by atoms with Gasteiger partial charge in [0.05, 0.1) is 28.3 Å². The Bertz CT molecular complexity index is 830. The second-order valence-electron chi connectivity index (χ2n) is 8.47. The second-order valence-corrected chi connectivity index (χ2v) is 8.88. The van der Waals surface area contributed by atoms with Crippen molar-refractivity contribution >= 4 is 23.0 Å². The summed E-state index contributed by atoms with van der Waals surface area (Å²) < 4.78 is 7.11. The summed E-state index contributed by atoms with van der Waals surface area (Å²) in [6.45, 7) is 5.16. The average Bonchev–Trinajstić information content (AvgIpc) is 2.97. The van der Waals surface area contributed by atoms with Crippen LogP contribution >= 0.6 is 11.6 Å². The summed E-state index contributed by atoms with van der Waals surface area (Å²) in [5.41, 5.74) is 1.44. The third-order valence-corrected chi connectivity index (χ3v) is 5.81. The second kappa shape index (κ2) is 7.82. The number of fused-ring (bicyclic) bond motifs is 1. The molecule has 27 heavy (non-hydrogen) atoms. The molecule has 0 aromatic carbocycles. The number of ether oxygens (including phenoxy) is 1. The van der Waals surface area contributed by atoms with Gasteiger partial charge in [-0.3, -0.25) is 4.79 Å². The smallest absolute Gasteiger partial charge is 0.253 e. The third kappa shape index (κ3) is 4.48. The first-order valence-electron chi connectivity index (χ1n) is 9.53. The van der Waals surface area contributed by atoms with Crippen LogP contribution < -0.4 is 5.32 Å². The number of halogens is 1. The van der Waals surface area contributed by atoms with Gasteiger partial charge in [0.15, 0.2) is 0 Å². The van der Waals surface area contributed by atoms with Gasteiger partial charge in [-0.15, -0.1) is 0 Å². The molecule has 1 atom stereocenters. The standard InChI is InChI=1S/C21H29ClN2O3/c1-20(2)8-5-9-21(26,13-20)14-23-19(25)16-12-15(7-11-27-3)24-10-4-6-17(22)18(16)24/h4,6,10,12,26H,5,7-9,11,13-14H2,1-3H3,(H,23,25). The molecule has 1 aliphatic carbocycles. The molecule has 0 saturated heterocycles. The molecule has 1 amide bonds. The molecule has 1 saturated carbocycles. The van der Waals surface area contributed by atoms with E-state index in [4.69, 9.17) is 16.3 Å². The minimum absolute atomic E-state index is 0.0945. The molecule has 1 fully saturated rings. The normalized spacial score (nSPS) is 22.1. The molecule has 2 aromatic rings. The molecule has 0 aliphatic heterocycles. The van der Waals surface area contributed by atoms with Crippen LogP contribution in [0.2, 0.25) is 5.02 Å². The molecule has 2 aromatic heterocycles. The van der Waals surface area contributed by atoms with Crippen LogP contribution in [0, 0.1) is 5.41 Å². The van der Waals surface area contributed by atoms with Crippen molar-refractivity contribution in [2.45, 2.75) is 51.6 Å². The zero-order valence-electron chi connectivity index (χ0n) is 16.3. The van der Waals surface area contributed by atoms with Crippen molar-refractivity contribution < 1.29 is 14.6 Å². The Hall–Kier alpha value is -1.56. The summed E-state index contributed by atoms with van der Waals surface area (Å²) >= 11 is 6.39. The van der Waals surface area contributed by atoms with Gasteiger partial charge in [0.2, 0.25) is 0 Å². The number of aliphatic hydroxyl groups is 1. The van der Waals surface area contributed by atoms with Gasteiger partial charge in [0.1, 0.15) is 0 Å². The number of rotatable bonds is 6. The molecule has 0 spiro atoms. The molecular weight excluding hydrogens is 364 g/mol. The first kappa shape index (κ1) is 20.2. The Morgan fingerprint density at radius 1 is 1.41 bits per heavy atom. The van der Waals surface area contributed by atoms with Crippen molar-refractivity contribution in [1.29, 1.82) is 0 Å². The maximum Gasteiger partial charge on any atom is 0.253 e. The monoisotopic (exact) mass is 392 g/mol. The maximum atomic E-state index is 12.9. The number of methoxy groups -OCH3 is 1. The topological polar surface area (TPSA) is 63.0 Å². The molecule has 1 unspecified atom stereocenters. The van der Waals surface area contributed by atoms with Gasteiger partial charge in [-0.05, 0) is 49.3 Å². The highest BCUT2D eigenvalue weighted by Gasteiger charge is 2.38. The van der Waals surface area contributed by atoms with Crippen molar-refractivity contribution in [3.63, 3.8) is 0 Å². The van der Waals surface area contributed by atoms with Crippen LogP contribution in [0.15, 0.2) is 24.4 Å². The van der Waals surface area contributed by atoms with Crippen molar-refractivity contribution in [2.24, 2.45) is 5.41 Å². The number of pyridine rings is 1. The van der Waals surface area contributed by atoms with Crippen LogP contribution in [0.4, 0.5) is 0 Å². The van der Waals surface area contributed by atoms with E-state index in [0.29, 0.717) is 42.0 Å². The highest BCUT2D eigenvalue weighted by atomic mass is 35.5. The first-order valence-corrected chi connectivity index (χ1v) is 9.90. The number of nitrogens with zero attached hydrogens (tertiary/aromatic N) is 1. The summed E-state index contributed by atoms with van der Waals surface area (Å²) in [5, 5.41) is 14.4. The fourth-order valence-corrected chi connectivity index (χ4v) is 4.58. The highest BCUT2D eigenvalue weighted by Crippen LogP contribution is 2.40. The lowest BCUT2D eigenvalue weighted by Crippen LogP contribution is -2.48. The van der Waals surface area contributed by atoms with Crippen molar-refractivity contribution in [3.8, 4) is 0 Å². The van der Waals surface area contributed by atoms with Crippen LogP contribution in [0.25, 0.3) is 5.52 Å². The van der Waals surface area contributed by atoms with Crippen LogP contribution in [0.1, 0.15) is 55.6 Å². The largest absolute Gasteiger partial charge is 0.388 e. The highest BCUT2D eigenvalue weighted by molar-refractivity contribution is 6.34. The summed E-state index contributed by atoms with van der Waals surface area (Å²) in [5.74, 6) is -0.207. The fourth-order valence-electron chi connectivity index (χ4n) is 4.31. The SMILES string of the molecule is COCCc1cc(C(=O)NCC2(O)CCCC(C)(C)C2)c2c(Cl)cccn12. The maximum absolute atomic E-state index is 12.9. The first-order chi connectivity index (χ1) is 12.7. The summed E-state index contributed by atoms with van der Waals surface area (Å²) in [6, 6.07) is 5.51. The molecule has 6 heteroatoms. The van der Waals surface area contributed by atoms with Crippen molar-refractivity contribution in [3.05, 3.63) is 40.7 Å². The Labute approximate surface area is 165 Å². The van der Waals surface area contributed by atoms with Gasteiger partial charge in [0, 0.05) is 32.0 Å². The van der Waals surface area contributed by atoms with Crippen LogP contribution in [-0.4, -0.2) is 41.3 Å². The number of aromatic nitrogens is 1. The zero-order valence-corrected chi connectivity index (χ0v) is 17.1. The van der Waals surface area contributed by atoms with Gasteiger partial charge < -0.3 is 19.6 Å². The fraction of sp³-hybridized carbons (Fsp3) is 0.571. The van der Waals surface area contributed by atoms with Gasteiger partial charge in [-0.2, -0.15) is 0 Å². The van der Waals surface area contributed by atoms with Crippen LogP contribution in [0.5, 0.6) is 0 Å².